The molecule has 0 atom stereocenters. The van der Waals surface area contributed by atoms with E-state index in [0.29, 0.717) is 0 Å². The van der Waals surface area contributed by atoms with Crippen LogP contribution < -0.4 is 5.32 Å². The average Bonchev–Trinajstić information content (AvgIpc) is 2.70. The first-order valence-electron chi connectivity index (χ1n) is 6.67. The highest BCUT2D eigenvalue weighted by Crippen LogP contribution is 2.13. The maximum Gasteiger partial charge on any atom is 0.0659 e. The van der Waals surface area contributed by atoms with Crippen LogP contribution in [0.4, 0.5) is 0 Å². The van der Waals surface area contributed by atoms with Gasteiger partial charge in [0.15, 0.2) is 0 Å². The zero-order valence-electron chi connectivity index (χ0n) is 11.5. The smallest absolute Gasteiger partial charge is 0.0659 e. The maximum absolute atomic E-state index is 4.58. The van der Waals surface area contributed by atoms with Gasteiger partial charge in [-0.05, 0) is 37.6 Å². The molecule has 19 heavy (non-hydrogen) atoms. The fourth-order valence-electron chi connectivity index (χ4n) is 2.04. The highest BCUT2D eigenvalue weighted by Gasteiger charge is 2.05. The summed E-state index contributed by atoms with van der Waals surface area (Å²) < 4.78 is 3.12. The summed E-state index contributed by atoms with van der Waals surface area (Å²) in [5, 5.41) is 7.99. The summed E-state index contributed by atoms with van der Waals surface area (Å²) >= 11 is 3.50. The van der Waals surface area contributed by atoms with Crippen LogP contribution in [0, 0.1) is 6.92 Å². The van der Waals surface area contributed by atoms with E-state index in [0.717, 1.165) is 36.2 Å². The number of benzene rings is 1. The van der Waals surface area contributed by atoms with Gasteiger partial charge in [0, 0.05) is 22.8 Å². The summed E-state index contributed by atoms with van der Waals surface area (Å²) in [6, 6.07) is 8.35. The van der Waals surface area contributed by atoms with Crippen LogP contribution in [0.2, 0.25) is 0 Å². The second kappa shape index (κ2) is 6.87. The summed E-state index contributed by atoms with van der Waals surface area (Å²) in [7, 11) is 0. The molecule has 0 radical (unpaired) electrons. The third kappa shape index (κ3) is 4.18. The van der Waals surface area contributed by atoms with Crippen LogP contribution in [0.15, 0.2) is 34.9 Å². The molecule has 1 N–H and O–H groups in total. The van der Waals surface area contributed by atoms with Gasteiger partial charge in [0.2, 0.25) is 0 Å². The lowest BCUT2D eigenvalue weighted by molar-refractivity contribution is 0.668. The Kier molecular flexibility index (Phi) is 5.16. The van der Waals surface area contributed by atoms with Gasteiger partial charge >= 0.3 is 0 Å². The summed E-state index contributed by atoms with van der Waals surface area (Å²) in [6.07, 6.45) is 3.30. The van der Waals surface area contributed by atoms with Crippen LogP contribution >= 0.6 is 15.9 Å². The number of rotatable bonds is 6. The minimum Gasteiger partial charge on any atom is -0.313 e. The van der Waals surface area contributed by atoms with Gasteiger partial charge in [-0.3, -0.25) is 4.68 Å². The average molecular weight is 322 g/mol. The van der Waals surface area contributed by atoms with Crippen molar-refractivity contribution in [2.24, 2.45) is 0 Å². The second-order valence-corrected chi connectivity index (χ2v) is 5.66. The highest BCUT2D eigenvalue weighted by atomic mass is 79.9. The monoisotopic (exact) mass is 321 g/mol. The highest BCUT2D eigenvalue weighted by molar-refractivity contribution is 9.10. The van der Waals surface area contributed by atoms with Crippen molar-refractivity contribution in [3.8, 4) is 0 Å². The van der Waals surface area contributed by atoms with Crippen molar-refractivity contribution in [1.29, 1.82) is 0 Å². The number of nitrogens with zero attached hydrogens (tertiary/aromatic N) is 2. The topological polar surface area (TPSA) is 29.9 Å². The zero-order valence-corrected chi connectivity index (χ0v) is 13.1. The van der Waals surface area contributed by atoms with Gasteiger partial charge in [-0.25, -0.2) is 0 Å². The van der Waals surface area contributed by atoms with Crippen molar-refractivity contribution in [1.82, 2.24) is 15.1 Å². The van der Waals surface area contributed by atoms with Gasteiger partial charge in [0.25, 0.3) is 0 Å². The quantitative estimate of drug-likeness (QED) is 0.825. The Hall–Kier alpha value is -1.13. The predicted octanol–water partition coefficient (Wildman–Crippen LogP) is 3.50. The van der Waals surface area contributed by atoms with E-state index < -0.39 is 0 Å². The van der Waals surface area contributed by atoms with Crippen molar-refractivity contribution in [3.05, 3.63) is 51.8 Å². The van der Waals surface area contributed by atoms with Crippen molar-refractivity contribution >= 4 is 15.9 Å². The molecule has 1 aromatic heterocycles. The van der Waals surface area contributed by atoms with Crippen LogP contribution in [0.3, 0.4) is 0 Å². The van der Waals surface area contributed by atoms with E-state index in [9.17, 15) is 0 Å². The molecule has 2 aromatic rings. The summed E-state index contributed by atoms with van der Waals surface area (Å²) in [5.74, 6) is 0. The van der Waals surface area contributed by atoms with Gasteiger partial charge in [-0.1, -0.05) is 35.0 Å². The standard InChI is InChI=1S/C15H20BrN3/c1-3-7-17-9-14-11-19(18-12(14)2)10-13-5-4-6-15(16)8-13/h4-6,8,11,17H,3,7,9-10H2,1-2H3. The van der Waals surface area contributed by atoms with E-state index in [4.69, 9.17) is 0 Å². The van der Waals surface area contributed by atoms with Crippen molar-refractivity contribution in [2.75, 3.05) is 6.54 Å². The molecule has 4 heteroatoms. The van der Waals surface area contributed by atoms with Crippen LogP contribution in [-0.2, 0) is 13.1 Å². The molecule has 1 heterocycles. The van der Waals surface area contributed by atoms with Gasteiger partial charge < -0.3 is 5.32 Å². The van der Waals surface area contributed by atoms with E-state index in [-0.39, 0.29) is 0 Å². The van der Waals surface area contributed by atoms with E-state index in [1.165, 1.54) is 11.1 Å². The molecule has 0 bridgehead atoms. The van der Waals surface area contributed by atoms with Crippen LogP contribution in [0.1, 0.15) is 30.2 Å². The van der Waals surface area contributed by atoms with E-state index >= 15 is 0 Å². The molecule has 0 unspecified atom stereocenters. The number of halogens is 1. The summed E-state index contributed by atoms with van der Waals surface area (Å²) in [6.45, 7) is 7.01. The van der Waals surface area contributed by atoms with Gasteiger partial charge in [0.05, 0.1) is 12.2 Å². The molecule has 0 saturated carbocycles. The molecule has 0 spiro atoms. The molecule has 1 aromatic carbocycles. The predicted molar refractivity (Wildman–Crippen MR) is 82.2 cm³/mol. The molecule has 3 nitrogen and oxygen atoms in total. The lowest BCUT2D eigenvalue weighted by Gasteiger charge is -2.02. The zero-order chi connectivity index (χ0) is 13.7. The molecule has 2 rings (SSSR count). The molecule has 0 fully saturated rings. The molecule has 102 valence electrons. The van der Waals surface area contributed by atoms with Crippen LogP contribution in [-0.4, -0.2) is 16.3 Å². The van der Waals surface area contributed by atoms with Gasteiger partial charge in [-0.2, -0.15) is 5.10 Å². The SMILES string of the molecule is CCCNCc1cn(Cc2cccc(Br)c2)nc1C. The Labute approximate surface area is 123 Å². The number of hydrogen-bond donors (Lipinski definition) is 1. The lowest BCUT2D eigenvalue weighted by Crippen LogP contribution is -2.13. The minimum atomic E-state index is 0.814. The molecular weight excluding hydrogens is 302 g/mol. The molecule has 0 aliphatic rings. The Morgan fingerprint density at radius 2 is 2.21 bits per heavy atom. The van der Waals surface area contributed by atoms with Gasteiger partial charge in [-0.15, -0.1) is 0 Å². The first-order chi connectivity index (χ1) is 9.19. The van der Waals surface area contributed by atoms with Crippen LogP contribution in [0.25, 0.3) is 0 Å². The molecular formula is C15H20BrN3. The van der Waals surface area contributed by atoms with Gasteiger partial charge in [0.1, 0.15) is 0 Å². The molecule has 0 saturated heterocycles. The summed E-state index contributed by atoms with van der Waals surface area (Å²) in [5.41, 5.74) is 3.65. The Bertz CT molecular complexity index is 534. The van der Waals surface area contributed by atoms with E-state index in [1.54, 1.807) is 0 Å². The Morgan fingerprint density at radius 1 is 1.37 bits per heavy atom. The minimum absolute atomic E-state index is 0.814. The Balaban J connectivity index is 2.03. The number of aryl methyl sites for hydroxylation is 1. The third-order valence-electron chi connectivity index (χ3n) is 3.02. The fraction of sp³-hybridized carbons (Fsp3) is 0.400. The van der Waals surface area contributed by atoms with Crippen molar-refractivity contribution < 1.29 is 0 Å². The molecule has 0 aliphatic carbocycles. The number of aromatic nitrogens is 2. The molecule has 0 amide bonds. The van der Waals surface area contributed by atoms with E-state index in [1.807, 2.05) is 10.7 Å². The van der Waals surface area contributed by atoms with Crippen molar-refractivity contribution in [2.45, 2.75) is 33.4 Å². The second-order valence-electron chi connectivity index (χ2n) is 4.74. The largest absolute Gasteiger partial charge is 0.313 e. The number of hydrogen-bond acceptors (Lipinski definition) is 2. The first-order valence-corrected chi connectivity index (χ1v) is 7.46. The maximum atomic E-state index is 4.58. The molecule has 0 aliphatic heterocycles. The van der Waals surface area contributed by atoms with Crippen LogP contribution in [0.5, 0.6) is 0 Å². The number of nitrogens with one attached hydrogen (secondary N) is 1. The van der Waals surface area contributed by atoms with E-state index in [2.05, 4.69) is 64.6 Å². The first kappa shape index (κ1) is 14.3. The summed E-state index contributed by atoms with van der Waals surface area (Å²) in [4.78, 5) is 0. The normalized spacial score (nSPS) is 10.9. The lowest BCUT2D eigenvalue weighted by atomic mass is 10.2. The van der Waals surface area contributed by atoms with Crippen molar-refractivity contribution in [3.63, 3.8) is 0 Å². The Morgan fingerprint density at radius 3 is 2.95 bits per heavy atom. The third-order valence-corrected chi connectivity index (χ3v) is 3.52. The fourth-order valence-corrected chi connectivity index (χ4v) is 2.48.